The van der Waals surface area contributed by atoms with Gasteiger partial charge in [0.05, 0.1) is 6.54 Å². The minimum Gasteiger partial charge on any atom is -0.352 e. The highest BCUT2D eigenvalue weighted by molar-refractivity contribution is 5.23. The summed E-state index contributed by atoms with van der Waals surface area (Å²) in [5, 5.41) is 7.40. The molecule has 1 fully saturated rings. The molecular weight excluding hydrogens is 204 g/mol. The van der Waals surface area contributed by atoms with Crippen LogP contribution in [0.5, 0.6) is 0 Å². The second-order valence-electron chi connectivity index (χ2n) is 4.17. The Kier molecular flexibility index (Phi) is 3.74. The van der Waals surface area contributed by atoms with Crippen LogP contribution >= 0.6 is 0 Å². The van der Waals surface area contributed by atoms with Crippen LogP contribution in [0.3, 0.4) is 0 Å². The third-order valence-electron chi connectivity index (χ3n) is 2.84. The number of anilines is 1. The van der Waals surface area contributed by atoms with E-state index in [2.05, 4.69) is 20.3 Å². The largest absolute Gasteiger partial charge is 0.352 e. The van der Waals surface area contributed by atoms with Gasteiger partial charge in [0, 0.05) is 20.1 Å². The fourth-order valence-electron chi connectivity index (χ4n) is 1.95. The van der Waals surface area contributed by atoms with Crippen molar-refractivity contribution in [2.75, 3.05) is 31.5 Å². The molecule has 0 saturated carbocycles. The summed E-state index contributed by atoms with van der Waals surface area (Å²) >= 11 is 0. The van der Waals surface area contributed by atoms with Gasteiger partial charge in [-0.3, -0.25) is 4.90 Å². The molecule has 0 unspecified atom stereocenters. The highest BCUT2D eigenvalue weighted by Gasteiger charge is 2.15. The summed E-state index contributed by atoms with van der Waals surface area (Å²) in [7, 11) is 1.94. The molecule has 0 aliphatic carbocycles. The number of nitrogens with two attached hydrogens (primary N) is 1. The van der Waals surface area contributed by atoms with Gasteiger partial charge in [-0.2, -0.15) is 4.98 Å². The standard InChI is InChI=1S/C10H20N6/c1-15-9(8-16-6-2-3-7-16)13-10(14-15)12-5-4-11/h2-8,11H2,1H3,(H,12,14). The molecule has 90 valence electrons. The summed E-state index contributed by atoms with van der Waals surface area (Å²) in [5.41, 5.74) is 5.42. The Labute approximate surface area is 95.8 Å². The SMILES string of the molecule is Cn1nc(NCCN)nc1CN1CCCC1. The van der Waals surface area contributed by atoms with Crippen LogP contribution in [-0.2, 0) is 13.6 Å². The molecule has 1 aromatic heterocycles. The molecule has 6 heteroatoms. The smallest absolute Gasteiger partial charge is 0.242 e. The minimum absolute atomic E-state index is 0.597. The molecular formula is C10H20N6. The predicted molar refractivity (Wildman–Crippen MR) is 63.1 cm³/mol. The van der Waals surface area contributed by atoms with E-state index in [0.717, 1.165) is 12.4 Å². The number of aryl methyl sites for hydroxylation is 1. The first-order valence-electron chi connectivity index (χ1n) is 5.86. The first-order chi connectivity index (χ1) is 7.79. The Bertz CT molecular complexity index is 328. The molecule has 16 heavy (non-hydrogen) atoms. The lowest BCUT2D eigenvalue weighted by atomic mass is 10.4. The first-order valence-corrected chi connectivity index (χ1v) is 5.86. The molecule has 1 aromatic rings. The Morgan fingerprint density at radius 3 is 2.81 bits per heavy atom. The van der Waals surface area contributed by atoms with Gasteiger partial charge >= 0.3 is 0 Å². The molecule has 0 amide bonds. The third-order valence-corrected chi connectivity index (χ3v) is 2.84. The van der Waals surface area contributed by atoms with E-state index in [4.69, 9.17) is 5.73 Å². The van der Waals surface area contributed by atoms with Gasteiger partial charge in [0.25, 0.3) is 0 Å². The lowest BCUT2D eigenvalue weighted by Crippen LogP contribution is -2.20. The highest BCUT2D eigenvalue weighted by Crippen LogP contribution is 2.12. The van der Waals surface area contributed by atoms with Crippen molar-refractivity contribution in [1.82, 2.24) is 19.7 Å². The molecule has 0 spiro atoms. The Balaban J connectivity index is 1.94. The number of likely N-dealkylation sites (tertiary alicyclic amines) is 1. The number of nitrogens with zero attached hydrogens (tertiary/aromatic N) is 4. The molecule has 0 radical (unpaired) electrons. The van der Waals surface area contributed by atoms with Crippen LogP contribution in [0.1, 0.15) is 18.7 Å². The summed E-state index contributed by atoms with van der Waals surface area (Å²) < 4.78 is 1.84. The number of hydrogen-bond acceptors (Lipinski definition) is 5. The number of aromatic nitrogens is 3. The Morgan fingerprint density at radius 1 is 1.38 bits per heavy atom. The predicted octanol–water partition coefficient (Wildman–Crippen LogP) is -0.218. The van der Waals surface area contributed by atoms with E-state index in [1.807, 2.05) is 11.7 Å². The highest BCUT2D eigenvalue weighted by atomic mass is 15.4. The third kappa shape index (κ3) is 2.70. The molecule has 1 saturated heterocycles. The lowest BCUT2D eigenvalue weighted by molar-refractivity contribution is 0.317. The van der Waals surface area contributed by atoms with Gasteiger partial charge in [-0.25, -0.2) is 4.68 Å². The maximum atomic E-state index is 5.42. The van der Waals surface area contributed by atoms with Crippen LogP contribution in [0.4, 0.5) is 5.95 Å². The molecule has 2 heterocycles. The van der Waals surface area contributed by atoms with E-state index in [0.29, 0.717) is 19.0 Å². The van der Waals surface area contributed by atoms with E-state index in [9.17, 15) is 0 Å². The van der Waals surface area contributed by atoms with E-state index >= 15 is 0 Å². The maximum Gasteiger partial charge on any atom is 0.242 e. The van der Waals surface area contributed by atoms with Crippen LogP contribution < -0.4 is 11.1 Å². The second-order valence-corrected chi connectivity index (χ2v) is 4.17. The fourth-order valence-corrected chi connectivity index (χ4v) is 1.95. The maximum absolute atomic E-state index is 5.42. The molecule has 2 rings (SSSR count). The van der Waals surface area contributed by atoms with Crippen molar-refractivity contribution in [3.8, 4) is 0 Å². The summed E-state index contributed by atoms with van der Waals surface area (Å²) in [5.74, 6) is 1.70. The number of nitrogens with one attached hydrogen (secondary N) is 1. The topological polar surface area (TPSA) is 72.0 Å². The molecule has 3 N–H and O–H groups in total. The summed E-state index contributed by atoms with van der Waals surface area (Å²) in [6.07, 6.45) is 2.60. The molecule has 0 bridgehead atoms. The van der Waals surface area contributed by atoms with Gasteiger partial charge in [-0.05, 0) is 25.9 Å². The van der Waals surface area contributed by atoms with Gasteiger partial charge in [-0.15, -0.1) is 5.10 Å². The van der Waals surface area contributed by atoms with Crippen LogP contribution in [0.25, 0.3) is 0 Å². The number of rotatable bonds is 5. The second kappa shape index (κ2) is 5.27. The van der Waals surface area contributed by atoms with Crippen molar-refractivity contribution in [1.29, 1.82) is 0 Å². The average molecular weight is 224 g/mol. The summed E-state index contributed by atoms with van der Waals surface area (Å²) in [4.78, 5) is 6.87. The van der Waals surface area contributed by atoms with Crippen molar-refractivity contribution in [2.45, 2.75) is 19.4 Å². The summed E-state index contributed by atoms with van der Waals surface area (Å²) in [6.45, 7) is 4.57. The van der Waals surface area contributed by atoms with Crippen molar-refractivity contribution in [2.24, 2.45) is 12.8 Å². The van der Waals surface area contributed by atoms with Crippen molar-refractivity contribution < 1.29 is 0 Å². The van der Waals surface area contributed by atoms with E-state index in [1.165, 1.54) is 25.9 Å². The van der Waals surface area contributed by atoms with Crippen molar-refractivity contribution >= 4 is 5.95 Å². The zero-order valence-electron chi connectivity index (χ0n) is 9.82. The lowest BCUT2D eigenvalue weighted by Gasteiger charge is -2.12. The molecule has 0 atom stereocenters. The zero-order valence-corrected chi connectivity index (χ0v) is 9.82. The number of hydrogen-bond donors (Lipinski definition) is 2. The Morgan fingerprint density at radius 2 is 2.12 bits per heavy atom. The van der Waals surface area contributed by atoms with Crippen LogP contribution in [0.15, 0.2) is 0 Å². The van der Waals surface area contributed by atoms with E-state index in [1.54, 1.807) is 0 Å². The Hall–Kier alpha value is -1.14. The molecule has 1 aliphatic heterocycles. The van der Waals surface area contributed by atoms with Crippen LogP contribution in [-0.4, -0.2) is 45.8 Å². The fraction of sp³-hybridized carbons (Fsp3) is 0.800. The molecule has 0 aromatic carbocycles. The van der Waals surface area contributed by atoms with Gasteiger partial charge < -0.3 is 11.1 Å². The monoisotopic (exact) mass is 224 g/mol. The van der Waals surface area contributed by atoms with Crippen molar-refractivity contribution in [3.05, 3.63) is 5.82 Å². The normalized spacial score (nSPS) is 16.9. The molecule has 6 nitrogen and oxygen atoms in total. The van der Waals surface area contributed by atoms with E-state index in [-0.39, 0.29) is 0 Å². The van der Waals surface area contributed by atoms with Gasteiger partial charge in [0.15, 0.2) is 0 Å². The van der Waals surface area contributed by atoms with Gasteiger partial charge in [0.1, 0.15) is 5.82 Å². The van der Waals surface area contributed by atoms with Gasteiger partial charge in [-0.1, -0.05) is 0 Å². The van der Waals surface area contributed by atoms with E-state index < -0.39 is 0 Å². The summed E-state index contributed by atoms with van der Waals surface area (Å²) in [6, 6.07) is 0. The van der Waals surface area contributed by atoms with Crippen molar-refractivity contribution in [3.63, 3.8) is 0 Å². The van der Waals surface area contributed by atoms with Gasteiger partial charge in [0.2, 0.25) is 5.95 Å². The molecule has 1 aliphatic rings. The first kappa shape index (κ1) is 11.3. The van der Waals surface area contributed by atoms with Crippen LogP contribution in [0, 0.1) is 0 Å². The quantitative estimate of drug-likeness (QED) is 0.723. The average Bonchev–Trinajstić information content (AvgIpc) is 2.87. The van der Waals surface area contributed by atoms with Crippen LogP contribution in [0.2, 0.25) is 0 Å². The minimum atomic E-state index is 0.597. The zero-order chi connectivity index (χ0) is 11.4.